The second-order valence-corrected chi connectivity index (χ2v) is 15.2. The molecule has 55 heavy (non-hydrogen) atoms. The standard InChI is InChI=1S/C50H29N3OS/c1-3-13-30(14-4-1)33-25-34(31-15-5-2-6-16-31)27-35(26-33)47-49-48(37-18-8-11-21-43(37)54-49)52-50(51-47)53-41-20-10-7-17-36(41)40-29-39-32(28-42(40)53)23-24-45-46(39)38-19-9-12-22-44(38)55-45/h1-29H. The average Bonchev–Trinajstić information content (AvgIpc) is 3.92. The van der Waals surface area contributed by atoms with Crippen LogP contribution in [0, 0.1) is 0 Å². The first-order valence-electron chi connectivity index (χ1n) is 18.5. The van der Waals surface area contributed by atoms with Crippen LogP contribution in [0.25, 0.3) is 114 Å². The molecule has 0 saturated heterocycles. The summed E-state index contributed by atoms with van der Waals surface area (Å²) in [6, 6.07) is 62.5. The Balaban J connectivity index is 1.18. The van der Waals surface area contributed by atoms with Crippen molar-refractivity contribution < 1.29 is 4.42 Å². The van der Waals surface area contributed by atoms with Crippen molar-refractivity contribution in [2.45, 2.75) is 0 Å². The van der Waals surface area contributed by atoms with Gasteiger partial charge in [-0.25, -0.2) is 9.97 Å². The summed E-state index contributed by atoms with van der Waals surface area (Å²) < 4.78 is 11.5. The van der Waals surface area contributed by atoms with E-state index in [1.54, 1.807) is 0 Å². The Hall–Kier alpha value is -7.08. The van der Waals surface area contributed by atoms with Gasteiger partial charge in [-0.15, -0.1) is 11.3 Å². The second kappa shape index (κ2) is 11.7. The van der Waals surface area contributed by atoms with Crippen molar-refractivity contribution in [3.8, 4) is 39.5 Å². The quantitative estimate of drug-likeness (QED) is 0.182. The zero-order valence-corrected chi connectivity index (χ0v) is 30.2. The number of hydrogen-bond donors (Lipinski definition) is 0. The van der Waals surface area contributed by atoms with E-state index in [0.717, 1.165) is 66.4 Å². The molecule has 0 radical (unpaired) electrons. The van der Waals surface area contributed by atoms with Gasteiger partial charge >= 0.3 is 0 Å². The minimum Gasteiger partial charge on any atom is -0.452 e. The highest BCUT2D eigenvalue weighted by Gasteiger charge is 2.23. The molecule has 0 bridgehead atoms. The van der Waals surface area contributed by atoms with Crippen molar-refractivity contribution in [3.05, 3.63) is 176 Å². The molecule has 12 aromatic rings. The average molecular weight is 720 g/mol. The summed E-state index contributed by atoms with van der Waals surface area (Å²) in [5.74, 6) is 0.605. The summed E-state index contributed by atoms with van der Waals surface area (Å²) in [7, 11) is 0. The van der Waals surface area contributed by atoms with Gasteiger partial charge in [-0.2, -0.15) is 0 Å². The highest BCUT2D eigenvalue weighted by molar-refractivity contribution is 7.26. The predicted molar refractivity (Wildman–Crippen MR) is 230 cm³/mol. The molecule has 0 N–H and O–H groups in total. The number of rotatable bonds is 4. The van der Waals surface area contributed by atoms with Crippen molar-refractivity contribution in [1.82, 2.24) is 14.5 Å². The lowest BCUT2D eigenvalue weighted by atomic mass is 9.95. The molecule has 4 aromatic heterocycles. The van der Waals surface area contributed by atoms with Gasteiger partial charge < -0.3 is 4.42 Å². The van der Waals surface area contributed by atoms with E-state index in [4.69, 9.17) is 14.4 Å². The summed E-state index contributed by atoms with van der Waals surface area (Å²) in [6.07, 6.45) is 0. The van der Waals surface area contributed by atoms with Gasteiger partial charge in [0, 0.05) is 41.9 Å². The van der Waals surface area contributed by atoms with E-state index in [0.29, 0.717) is 11.5 Å². The van der Waals surface area contributed by atoms with Crippen LogP contribution in [0.4, 0.5) is 0 Å². The summed E-state index contributed by atoms with van der Waals surface area (Å²) >= 11 is 1.85. The van der Waals surface area contributed by atoms with Crippen LogP contribution < -0.4 is 0 Å². The molecule has 0 amide bonds. The molecule has 0 saturated carbocycles. The Kier molecular flexibility index (Phi) is 6.47. The van der Waals surface area contributed by atoms with Gasteiger partial charge in [0.25, 0.3) is 0 Å². The van der Waals surface area contributed by atoms with Gasteiger partial charge in [0.05, 0.1) is 11.0 Å². The molecule has 5 heteroatoms. The Morgan fingerprint density at radius 3 is 1.87 bits per heavy atom. The monoisotopic (exact) mass is 719 g/mol. The smallest absolute Gasteiger partial charge is 0.236 e. The van der Waals surface area contributed by atoms with Crippen LogP contribution in [0.3, 0.4) is 0 Å². The lowest BCUT2D eigenvalue weighted by Crippen LogP contribution is -2.03. The Morgan fingerprint density at radius 2 is 1.09 bits per heavy atom. The molecule has 4 nitrogen and oxygen atoms in total. The van der Waals surface area contributed by atoms with Crippen molar-refractivity contribution in [2.75, 3.05) is 0 Å². The molecular weight excluding hydrogens is 691 g/mol. The topological polar surface area (TPSA) is 43.9 Å². The van der Waals surface area contributed by atoms with Crippen LogP contribution in [0.1, 0.15) is 0 Å². The number of hydrogen-bond acceptors (Lipinski definition) is 4. The molecule has 256 valence electrons. The minimum absolute atomic E-state index is 0.605. The predicted octanol–water partition coefficient (Wildman–Crippen LogP) is 14.0. The van der Waals surface area contributed by atoms with E-state index in [1.165, 1.54) is 36.3 Å². The van der Waals surface area contributed by atoms with E-state index in [9.17, 15) is 0 Å². The number of benzene rings is 8. The Labute approximate surface area is 319 Å². The Bertz CT molecular complexity index is 3430. The van der Waals surface area contributed by atoms with Crippen LogP contribution in [-0.2, 0) is 0 Å². The maximum absolute atomic E-state index is 6.67. The molecule has 0 aliphatic rings. The molecule has 0 spiro atoms. The SMILES string of the molecule is c1ccc(-c2cc(-c3ccccc3)cc(-c3nc(-n4c5ccccc5c5cc6c(ccc7sc8ccccc8c76)cc54)nc4c3oc3ccccc34)c2)cc1. The maximum atomic E-state index is 6.67. The zero-order chi connectivity index (χ0) is 36.0. The van der Waals surface area contributed by atoms with Crippen molar-refractivity contribution in [1.29, 1.82) is 0 Å². The summed E-state index contributed by atoms with van der Waals surface area (Å²) in [4.78, 5) is 10.9. The van der Waals surface area contributed by atoms with Crippen LogP contribution in [-0.4, -0.2) is 14.5 Å². The van der Waals surface area contributed by atoms with Crippen LogP contribution in [0.5, 0.6) is 0 Å². The Morgan fingerprint density at radius 1 is 0.436 bits per heavy atom. The van der Waals surface area contributed by atoms with E-state index < -0.39 is 0 Å². The van der Waals surface area contributed by atoms with Gasteiger partial charge in [-0.3, -0.25) is 4.57 Å². The van der Waals surface area contributed by atoms with E-state index in [1.807, 2.05) is 29.5 Å². The highest BCUT2D eigenvalue weighted by Crippen LogP contribution is 2.43. The highest BCUT2D eigenvalue weighted by atomic mass is 32.1. The van der Waals surface area contributed by atoms with E-state index in [2.05, 4.69) is 162 Å². The number of para-hydroxylation sites is 2. The summed E-state index contributed by atoms with van der Waals surface area (Å²) in [5, 5.41) is 8.35. The first-order valence-corrected chi connectivity index (χ1v) is 19.3. The van der Waals surface area contributed by atoms with Crippen molar-refractivity contribution in [3.63, 3.8) is 0 Å². The molecule has 8 aromatic carbocycles. The molecule has 12 rings (SSSR count). The number of furan rings is 1. The van der Waals surface area contributed by atoms with Gasteiger partial charge in [0.15, 0.2) is 5.58 Å². The van der Waals surface area contributed by atoms with Crippen LogP contribution in [0.2, 0.25) is 0 Å². The molecule has 0 aliphatic carbocycles. The minimum atomic E-state index is 0.605. The van der Waals surface area contributed by atoms with Crippen LogP contribution >= 0.6 is 11.3 Å². The van der Waals surface area contributed by atoms with Gasteiger partial charge in [-0.1, -0.05) is 115 Å². The zero-order valence-electron chi connectivity index (χ0n) is 29.4. The number of fused-ring (bicyclic) bond motifs is 11. The molecule has 0 aliphatic heterocycles. The fraction of sp³-hybridized carbons (Fsp3) is 0. The normalized spacial score (nSPS) is 12.0. The van der Waals surface area contributed by atoms with Gasteiger partial charge in [0.2, 0.25) is 5.95 Å². The third kappa shape index (κ3) is 4.64. The third-order valence-corrected chi connectivity index (χ3v) is 12.1. The fourth-order valence-corrected chi connectivity index (χ4v) is 9.58. The van der Waals surface area contributed by atoms with Crippen molar-refractivity contribution in [2.24, 2.45) is 0 Å². The first kappa shape index (κ1) is 30.4. The molecule has 4 heterocycles. The third-order valence-electron chi connectivity index (χ3n) is 11.0. The number of nitrogens with zero attached hydrogens (tertiary/aromatic N) is 3. The summed E-state index contributed by atoms with van der Waals surface area (Å²) in [6.45, 7) is 0. The van der Waals surface area contributed by atoms with E-state index >= 15 is 0 Å². The van der Waals surface area contributed by atoms with Crippen LogP contribution in [0.15, 0.2) is 180 Å². The largest absolute Gasteiger partial charge is 0.452 e. The lowest BCUT2D eigenvalue weighted by molar-refractivity contribution is 0.666. The first-order chi connectivity index (χ1) is 27.2. The van der Waals surface area contributed by atoms with Gasteiger partial charge in [0.1, 0.15) is 16.8 Å². The fourth-order valence-electron chi connectivity index (χ4n) is 8.46. The number of thiophene rings is 1. The summed E-state index contributed by atoms with van der Waals surface area (Å²) in [5.41, 5.74) is 10.6. The van der Waals surface area contributed by atoms with Crippen molar-refractivity contribution >= 4 is 86.2 Å². The second-order valence-electron chi connectivity index (χ2n) is 14.2. The van der Waals surface area contributed by atoms with Gasteiger partial charge in [-0.05, 0) is 93.7 Å². The van der Waals surface area contributed by atoms with E-state index in [-0.39, 0.29) is 0 Å². The molecule has 0 unspecified atom stereocenters. The lowest BCUT2D eigenvalue weighted by Gasteiger charge is -2.13. The maximum Gasteiger partial charge on any atom is 0.236 e. The number of aromatic nitrogens is 3. The molecular formula is C50H29N3OS. The molecule has 0 fully saturated rings. The molecule has 0 atom stereocenters.